The zero-order valence-corrected chi connectivity index (χ0v) is 21.0. The van der Waals surface area contributed by atoms with Gasteiger partial charge in [-0.15, -0.1) is 0 Å². The van der Waals surface area contributed by atoms with Gasteiger partial charge >= 0.3 is 0 Å². The maximum absolute atomic E-state index is 13.9. The van der Waals surface area contributed by atoms with Gasteiger partial charge in [-0.25, -0.2) is 9.38 Å². The lowest BCUT2D eigenvalue weighted by Gasteiger charge is -2.39. The van der Waals surface area contributed by atoms with Gasteiger partial charge in [0.2, 0.25) is 0 Å². The number of allylic oxidation sites excluding steroid dienone is 4. The van der Waals surface area contributed by atoms with Crippen molar-refractivity contribution in [2.24, 2.45) is 16.8 Å². The van der Waals surface area contributed by atoms with Crippen molar-refractivity contribution < 1.29 is 9.09 Å². The number of benzene rings is 1. The summed E-state index contributed by atoms with van der Waals surface area (Å²) >= 11 is 0. The van der Waals surface area contributed by atoms with Crippen LogP contribution in [0.15, 0.2) is 40.5 Å². The summed E-state index contributed by atoms with van der Waals surface area (Å²) in [5, 5.41) is 8.67. The van der Waals surface area contributed by atoms with Crippen molar-refractivity contribution in [3.63, 3.8) is 0 Å². The molecule has 0 amide bonds. The van der Waals surface area contributed by atoms with Crippen molar-refractivity contribution in [2.75, 3.05) is 7.05 Å². The lowest BCUT2D eigenvalue weighted by molar-refractivity contribution is 0.208. The number of hydrogen-bond acceptors (Lipinski definition) is 2. The van der Waals surface area contributed by atoms with Crippen molar-refractivity contribution in [3.05, 3.63) is 58.6 Å². The molecule has 0 bridgehead atoms. The largest absolute Gasteiger partial charge is 0.374 e. The molecule has 1 aromatic rings. The molecule has 4 rings (SSSR count). The highest BCUT2D eigenvalue weighted by Crippen LogP contribution is 2.44. The molecule has 1 aromatic carbocycles. The second-order valence-electron chi connectivity index (χ2n) is 10.2. The number of aryl methyl sites for hydroxylation is 1. The highest BCUT2D eigenvalue weighted by Gasteiger charge is 2.36. The van der Waals surface area contributed by atoms with Gasteiger partial charge in [0, 0.05) is 30.1 Å². The summed E-state index contributed by atoms with van der Waals surface area (Å²) in [6, 6.07) is 5.22. The molecule has 3 nitrogen and oxygen atoms in total. The van der Waals surface area contributed by atoms with Gasteiger partial charge in [0.05, 0.1) is 0 Å². The van der Waals surface area contributed by atoms with Crippen LogP contribution in [0, 0.1) is 36.1 Å². The summed E-state index contributed by atoms with van der Waals surface area (Å²) in [6.45, 7) is 4.00. The Balaban J connectivity index is 0.00000324. The van der Waals surface area contributed by atoms with Gasteiger partial charge in [0.15, 0.2) is 5.84 Å². The molecule has 1 radical (unpaired) electrons. The highest BCUT2D eigenvalue weighted by molar-refractivity contribution is 6.11. The molecule has 3 aliphatic carbocycles. The molecule has 2 fully saturated rings. The van der Waals surface area contributed by atoms with Gasteiger partial charge in [0.25, 0.3) is 0 Å². The second-order valence-corrected chi connectivity index (χ2v) is 10.2. The zero-order valence-electron chi connectivity index (χ0n) is 21.0. The fraction of sp³-hybridized carbons (Fsp3) is 0.586. The SMILES string of the molecule is CC(=NC(=N)c1cc(F)ccc1C)/C(=C(\C1CC[C]=CCC1)N(C)C1CCCCC1)C1CC1.F. The molecule has 0 heterocycles. The molecule has 2 saturated carbocycles. The molecule has 1 unspecified atom stereocenters. The molecule has 3 aliphatic rings. The Morgan fingerprint density at radius 1 is 1.06 bits per heavy atom. The maximum atomic E-state index is 13.9. The first-order valence-corrected chi connectivity index (χ1v) is 12.9. The summed E-state index contributed by atoms with van der Waals surface area (Å²) in [6.07, 6.45) is 19.0. The predicted molar refractivity (Wildman–Crippen MR) is 138 cm³/mol. The Bertz CT molecular complexity index is 942. The number of amidine groups is 1. The molecule has 1 atom stereocenters. The van der Waals surface area contributed by atoms with Crippen LogP contribution in [0.3, 0.4) is 0 Å². The third-order valence-electron chi connectivity index (χ3n) is 7.72. The number of nitrogens with zero attached hydrogens (tertiary/aromatic N) is 2. The standard InChI is InChI=1S/C29H39FN3.FH/c1-20-15-18-24(30)19-26(20)29(31)32-21(2)27(22-16-17-22)28(23-11-7-4-5-8-12-23)33(3)25-13-9-6-10-14-25;/h4,15,18-19,22-23,25,31H,6-14,16-17H2,1-3H3;1H/b28-27-,31-29?,32-21?;. The maximum Gasteiger partial charge on any atom is 0.152 e. The van der Waals surface area contributed by atoms with Crippen molar-refractivity contribution in [2.45, 2.75) is 90.5 Å². The van der Waals surface area contributed by atoms with E-state index in [1.807, 2.05) is 6.92 Å². The van der Waals surface area contributed by atoms with E-state index in [4.69, 9.17) is 10.4 Å². The summed E-state index contributed by atoms with van der Waals surface area (Å²) in [4.78, 5) is 7.41. The van der Waals surface area contributed by atoms with Crippen LogP contribution in [0.1, 0.15) is 88.7 Å². The van der Waals surface area contributed by atoms with Crippen LogP contribution in [0.4, 0.5) is 9.09 Å². The molecule has 0 saturated heterocycles. The third kappa shape index (κ3) is 6.22. The number of hydrogen-bond donors (Lipinski definition) is 1. The average molecular weight is 469 g/mol. The quantitative estimate of drug-likeness (QED) is 0.340. The van der Waals surface area contributed by atoms with Crippen LogP contribution in [-0.2, 0) is 0 Å². The smallest absolute Gasteiger partial charge is 0.152 e. The zero-order chi connectivity index (χ0) is 23.4. The molecule has 1 N–H and O–H groups in total. The first-order valence-electron chi connectivity index (χ1n) is 12.9. The minimum atomic E-state index is -0.314. The van der Waals surface area contributed by atoms with Crippen LogP contribution < -0.4 is 0 Å². The molecule has 0 spiro atoms. The minimum absolute atomic E-state index is 0. The van der Waals surface area contributed by atoms with Crippen molar-refractivity contribution in [1.82, 2.24) is 4.90 Å². The van der Waals surface area contributed by atoms with Crippen LogP contribution in [0.25, 0.3) is 0 Å². The molecule has 34 heavy (non-hydrogen) atoms. The third-order valence-corrected chi connectivity index (χ3v) is 7.72. The Kier molecular flexibility index (Phi) is 9.21. The normalized spacial score (nSPS) is 20.9. The molecule has 185 valence electrons. The summed E-state index contributed by atoms with van der Waals surface area (Å²) < 4.78 is 13.9. The van der Waals surface area contributed by atoms with Crippen LogP contribution in [-0.4, -0.2) is 29.5 Å². The van der Waals surface area contributed by atoms with E-state index in [-0.39, 0.29) is 16.4 Å². The van der Waals surface area contributed by atoms with Gasteiger partial charge in [-0.3, -0.25) is 10.1 Å². The van der Waals surface area contributed by atoms with Gasteiger partial charge in [0.1, 0.15) is 5.82 Å². The summed E-state index contributed by atoms with van der Waals surface area (Å²) in [5.74, 6) is 0.898. The Hall–Kier alpha value is -2.30. The molecule has 0 aliphatic heterocycles. The first kappa shape index (κ1) is 26.3. The van der Waals surface area contributed by atoms with Crippen LogP contribution >= 0.6 is 0 Å². The van der Waals surface area contributed by atoms with Crippen LogP contribution in [0.2, 0.25) is 0 Å². The minimum Gasteiger partial charge on any atom is -0.374 e. The lowest BCUT2D eigenvalue weighted by Crippen LogP contribution is -2.37. The second kappa shape index (κ2) is 11.9. The number of aliphatic imine (C=N–C) groups is 1. The fourth-order valence-corrected chi connectivity index (χ4v) is 5.73. The van der Waals surface area contributed by atoms with E-state index in [0.29, 0.717) is 23.4 Å². The Morgan fingerprint density at radius 3 is 2.50 bits per heavy atom. The number of rotatable bonds is 6. The van der Waals surface area contributed by atoms with Crippen LogP contribution in [0.5, 0.6) is 0 Å². The Labute approximate surface area is 204 Å². The summed E-state index contributed by atoms with van der Waals surface area (Å²) in [5.41, 5.74) is 5.27. The lowest BCUT2D eigenvalue weighted by atomic mass is 9.86. The molecule has 0 aromatic heterocycles. The van der Waals surface area contributed by atoms with Gasteiger partial charge in [-0.1, -0.05) is 31.4 Å². The van der Waals surface area contributed by atoms with E-state index in [1.54, 1.807) is 6.07 Å². The molecule has 5 heteroatoms. The van der Waals surface area contributed by atoms with Crippen molar-refractivity contribution in [3.8, 4) is 0 Å². The van der Waals surface area contributed by atoms with Crippen molar-refractivity contribution >= 4 is 11.5 Å². The average Bonchev–Trinajstić information content (AvgIpc) is 3.66. The van der Waals surface area contributed by atoms with E-state index in [9.17, 15) is 4.39 Å². The number of nitrogens with one attached hydrogen (secondary N) is 1. The van der Waals surface area contributed by atoms with E-state index in [0.717, 1.165) is 37.0 Å². The van der Waals surface area contributed by atoms with E-state index in [2.05, 4.69) is 31.0 Å². The van der Waals surface area contributed by atoms with Crippen molar-refractivity contribution in [1.29, 1.82) is 5.41 Å². The number of halogens is 2. The van der Waals surface area contributed by atoms with Gasteiger partial charge in [-0.2, -0.15) is 0 Å². The topological polar surface area (TPSA) is 39.5 Å². The fourth-order valence-electron chi connectivity index (χ4n) is 5.73. The summed E-state index contributed by atoms with van der Waals surface area (Å²) in [7, 11) is 2.31. The van der Waals surface area contributed by atoms with Gasteiger partial charge < -0.3 is 4.90 Å². The van der Waals surface area contributed by atoms with E-state index < -0.39 is 0 Å². The molecular weight excluding hydrogens is 428 g/mol. The van der Waals surface area contributed by atoms with E-state index >= 15 is 0 Å². The van der Waals surface area contributed by atoms with E-state index in [1.165, 1.54) is 68.3 Å². The highest BCUT2D eigenvalue weighted by atomic mass is 19.1. The first-order chi connectivity index (χ1) is 16.0. The monoisotopic (exact) mass is 468 g/mol. The predicted octanol–water partition coefficient (Wildman–Crippen LogP) is 7.55. The van der Waals surface area contributed by atoms with Gasteiger partial charge in [-0.05, 0) is 106 Å². The molecular formula is C29H40F2N3. The Morgan fingerprint density at radius 2 is 1.79 bits per heavy atom.